The van der Waals surface area contributed by atoms with Gasteiger partial charge in [0.05, 0.1) is 12.3 Å². The monoisotopic (exact) mass is 385 g/mol. The Morgan fingerprint density at radius 3 is 2.31 bits per heavy atom. The molecule has 9 nitrogen and oxygen atoms in total. The molecule has 10 heteroatoms. The van der Waals surface area contributed by atoms with Crippen molar-refractivity contribution in [2.75, 3.05) is 12.3 Å². The van der Waals surface area contributed by atoms with Crippen molar-refractivity contribution in [1.82, 2.24) is 15.4 Å². The van der Waals surface area contributed by atoms with Crippen molar-refractivity contribution in [2.24, 2.45) is 0 Å². The Balaban J connectivity index is 2.74. The third-order valence-electron chi connectivity index (χ3n) is 3.47. The third kappa shape index (κ3) is 7.62. The van der Waals surface area contributed by atoms with Crippen molar-refractivity contribution >= 4 is 27.8 Å². The topological polar surface area (TPSA) is 142 Å². The summed E-state index contributed by atoms with van der Waals surface area (Å²) in [6.07, 6.45) is 0.110. The Hall–Kier alpha value is -2.46. The van der Waals surface area contributed by atoms with Crippen molar-refractivity contribution in [3.8, 4) is 0 Å². The number of carboxylic acid groups (broad SMARTS) is 1. The number of nitrogens with one attached hydrogen (secondary N) is 3. The SMILES string of the molecule is CCS(=O)(=O)N[C@@H](Cc1ccccc1)C(=O)NCC(=O)N[C@@H](C)C(=O)O. The van der Waals surface area contributed by atoms with Crippen molar-refractivity contribution < 1.29 is 27.9 Å². The molecule has 1 aromatic carbocycles. The zero-order chi connectivity index (χ0) is 19.7. The van der Waals surface area contributed by atoms with Crippen LogP contribution in [-0.2, 0) is 30.8 Å². The molecule has 0 bridgehead atoms. The highest BCUT2D eigenvalue weighted by atomic mass is 32.2. The highest BCUT2D eigenvalue weighted by molar-refractivity contribution is 7.89. The van der Waals surface area contributed by atoms with Gasteiger partial charge in [-0.25, -0.2) is 13.1 Å². The number of aliphatic carboxylic acids is 1. The molecule has 144 valence electrons. The number of carbonyl (C=O) groups is 3. The van der Waals surface area contributed by atoms with E-state index in [-0.39, 0.29) is 12.2 Å². The van der Waals surface area contributed by atoms with E-state index < -0.39 is 46.4 Å². The number of carboxylic acids is 1. The van der Waals surface area contributed by atoms with Crippen LogP contribution in [-0.4, -0.2) is 55.7 Å². The summed E-state index contributed by atoms with van der Waals surface area (Å²) in [4.78, 5) is 34.7. The molecule has 2 atom stereocenters. The van der Waals surface area contributed by atoms with Gasteiger partial charge in [-0.2, -0.15) is 0 Å². The molecule has 0 unspecified atom stereocenters. The molecule has 0 aliphatic heterocycles. The van der Waals surface area contributed by atoms with Crippen LogP contribution in [0.5, 0.6) is 0 Å². The van der Waals surface area contributed by atoms with Crippen LogP contribution >= 0.6 is 0 Å². The first-order valence-corrected chi connectivity index (χ1v) is 9.63. The molecular formula is C16H23N3O6S. The van der Waals surface area contributed by atoms with E-state index in [2.05, 4.69) is 15.4 Å². The summed E-state index contributed by atoms with van der Waals surface area (Å²) in [6.45, 7) is 2.27. The van der Waals surface area contributed by atoms with Crippen LogP contribution in [0.3, 0.4) is 0 Å². The Morgan fingerprint density at radius 2 is 1.77 bits per heavy atom. The molecule has 0 aromatic heterocycles. The van der Waals surface area contributed by atoms with Crippen LogP contribution < -0.4 is 15.4 Å². The number of hydrogen-bond acceptors (Lipinski definition) is 5. The Kier molecular flexibility index (Phi) is 8.20. The van der Waals surface area contributed by atoms with Gasteiger partial charge in [-0.3, -0.25) is 14.4 Å². The summed E-state index contributed by atoms with van der Waals surface area (Å²) in [7, 11) is -3.64. The fraction of sp³-hybridized carbons (Fsp3) is 0.438. The molecular weight excluding hydrogens is 362 g/mol. The molecule has 1 aromatic rings. The molecule has 0 aliphatic rings. The van der Waals surface area contributed by atoms with Gasteiger partial charge in [0, 0.05) is 0 Å². The Morgan fingerprint density at radius 1 is 1.15 bits per heavy atom. The lowest BCUT2D eigenvalue weighted by Crippen LogP contribution is -2.51. The molecule has 26 heavy (non-hydrogen) atoms. The summed E-state index contributed by atoms with van der Waals surface area (Å²) in [5.41, 5.74) is 0.746. The predicted molar refractivity (Wildman–Crippen MR) is 94.8 cm³/mol. The molecule has 2 amide bonds. The molecule has 4 N–H and O–H groups in total. The van der Waals surface area contributed by atoms with Gasteiger partial charge in [0.15, 0.2) is 0 Å². The fourth-order valence-electron chi connectivity index (χ4n) is 1.98. The number of carbonyl (C=O) groups excluding carboxylic acids is 2. The van der Waals surface area contributed by atoms with Gasteiger partial charge in [-0.05, 0) is 25.8 Å². The zero-order valence-electron chi connectivity index (χ0n) is 14.6. The van der Waals surface area contributed by atoms with Gasteiger partial charge >= 0.3 is 5.97 Å². The molecule has 0 radical (unpaired) electrons. The third-order valence-corrected chi connectivity index (χ3v) is 4.88. The second-order valence-corrected chi connectivity index (χ2v) is 7.65. The van der Waals surface area contributed by atoms with Crippen LogP contribution in [0.15, 0.2) is 30.3 Å². The van der Waals surface area contributed by atoms with Crippen molar-refractivity contribution in [2.45, 2.75) is 32.4 Å². The van der Waals surface area contributed by atoms with Crippen LogP contribution in [0.1, 0.15) is 19.4 Å². The molecule has 0 spiro atoms. The van der Waals surface area contributed by atoms with E-state index >= 15 is 0 Å². The van der Waals surface area contributed by atoms with E-state index in [0.29, 0.717) is 0 Å². The summed E-state index contributed by atoms with van der Waals surface area (Å²) in [5.74, 6) is -2.77. The van der Waals surface area contributed by atoms with Crippen LogP contribution in [0.25, 0.3) is 0 Å². The normalized spacial score (nSPS) is 13.5. The summed E-state index contributed by atoms with van der Waals surface area (Å²) in [5, 5.41) is 13.3. The number of benzene rings is 1. The maximum absolute atomic E-state index is 12.3. The summed E-state index contributed by atoms with van der Waals surface area (Å²) in [6, 6.07) is 6.63. The van der Waals surface area contributed by atoms with Crippen molar-refractivity contribution in [3.05, 3.63) is 35.9 Å². The lowest BCUT2D eigenvalue weighted by Gasteiger charge is -2.18. The van der Waals surface area contributed by atoms with Crippen LogP contribution in [0.2, 0.25) is 0 Å². The molecule has 0 aliphatic carbocycles. The minimum absolute atomic E-state index is 0.110. The Labute approximate surface area is 152 Å². The highest BCUT2D eigenvalue weighted by Crippen LogP contribution is 2.05. The van der Waals surface area contributed by atoms with Gasteiger partial charge in [-0.1, -0.05) is 30.3 Å². The van der Waals surface area contributed by atoms with Gasteiger partial charge in [0.2, 0.25) is 21.8 Å². The Bertz CT molecular complexity index is 736. The average Bonchev–Trinajstić information content (AvgIpc) is 2.59. The predicted octanol–water partition coefficient (Wildman–Crippen LogP) is -0.757. The number of hydrogen-bond donors (Lipinski definition) is 4. The van der Waals surface area contributed by atoms with Crippen LogP contribution in [0, 0.1) is 0 Å². The van der Waals surface area contributed by atoms with Crippen molar-refractivity contribution in [1.29, 1.82) is 0 Å². The van der Waals surface area contributed by atoms with E-state index in [0.717, 1.165) is 5.56 Å². The van der Waals surface area contributed by atoms with Gasteiger partial charge in [0.25, 0.3) is 0 Å². The first-order valence-electron chi connectivity index (χ1n) is 7.98. The largest absolute Gasteiger partial charge is 0.480 e. The highest BCUT2D eigenvalue weighted by Gasteiger charge is 2.24. The van der Waals surface area contributed by atoms with Gasteiger partial charge in [-0.15, -0.1) is 0 Å². The number of amides is 2. The maximum Gasteiger partial charge on any atom is 0.325 e. The second-order valence-electron chi connectivity index (χ2n) is 5.61. The number of rotatable bonds is 10. The smallest absolute Gasteiger partial charge is 0.325 e. The fourth-order valence-corrected chi connectivity index (χ4v) is 2.77. The number of sulfonamides is 1. The molecule has 0 saturated heterocycles. The lowest BCUT2D eigenvalue weighted by atomic mass is 10.1. The van der Waals surface area contributed by atoms with E-state index in [4.69, 9.17) is 5.11 Å². The second kappa shape index (κ2) is 9.88. The van der Waals surface area contributed by atoms with E-state index in [1.165, 1.54) is 13.8 Å². The lowest BCUT2D eigenvalue weighted by molar-refractivity contribution is -0.141. The first kappa shape index (κ1) is 21.6. The molecule has 0 saturated carbocycles. The molecule has 1 rings (SSSR count). The average molecular weight is 385 g/mol. The van der Waals surface area contributed by atoms with Gasteiger partial charge < -0.3 is 15.7 Å². The summed E-state index contributed by atoms with van der Waals surface area (Å²) >= 11 is 0. The quantitative estimate of drug-likeness (QED) is 0.417. The summed E-state index contributed by atoms with van der Waals surface area (Å²) < 4.78 is 26.0. The minimum Gasteiger partial charge on any atom is -0.480 e. The van der Waals surface area contributed by atoms with E-state index in [1.54, 1.807) is 30.3 Å². The first-order chi connectivity index (χ1) is 12.1. The van der Waals surface area contributed by atoms with E-state index in [9.17, 15) is 22.8 Å². The maximum atomic E-state index is 12.3. The van der Waals surface area contributed by atoms with Crippen LogP contribution in [0.4, 0.5) is 0 Å². The standard InChI is InChI=1S/C16H23N3O6S/c1-3-26(24,25)19-13(9-12-7-5-4-6-8-12)15(21)17-10-14(20)18-11(2)16(22)23/h4-8,11,13,19H,3,9-10H2,1-2H3,(H,17,21)(H,18,20)(H,22,23)/t11-,13-/m0/s1. The molecule has 0 heterocycles. The van der Waals surface area contributed by atoms with E-state index in [1.807, 2.05) is 0 Å². The minimum atomic E-state index is -3.64. The van der Waals surface area contributed by atoms with Gasteiger partial charge in [0.1, 0.15) is 12.1 Å². The molecule has 0 fully saturated rings. The van der Waals surface area contributed by atoms with Crippen molar-refractivity contribution in [3.63, 3.8) is 0 Å². The zero-order valence-corrected chi connectivity index (χ0v) is 15.4.